The Hall–Kier alpha value is -0.770. The Labute approximate surface area is 128 Å². The summed E-state index contributed by atoms with van der Waals surface area (Å²) in [5.41, 5.74) is 1.83. The fourth-order valence-corrected chi connectivity index (χ4v) is 3.43. The van der Waals surface area contributed by atoms with Crippen LogP contribution in [0.3, 0.4) is 0 Å². The summed E-state index contributed by atoms with van der Waals surface area (Å²) < 4.78 is 8.08. The number of alkyl halides is 1. The zero-order chi connectivity index (χ0) is 14.3. The Morgan fingerprint density at radius 2 is 2.30 bits per heavy atom. The van der Waals surface area contributed by atoms with Gasteiger partial charge in [0.25, 0.3) is 0 Å². The van der Waals surface area contributed by atoms with E-state index in [4.69, 9.17) is 32.9 Å². The quantitative estimate of drug-likeness (QED) is 0.801. The lowest BCUT2D eigenvalue weighted by molar-refractivity contribution is 0.0764. The Kier molecular flexibility index (Phi) is 3.69. The number of nitrogens with zero attached hydrogens (tertiary/aromatic N) is 2. The Morgan fingerprint density at radius 1 is 1.50 bits per heavy atom. The number of para-hydroxylation sites is 1. The molecule has 0 N–H and O–H groups in total. The van der Waals surface area contributed by atoms with Crippen LogP contribution in [0.25, 0.3) is 11.0 Å². The van der Waals surface area contributed by atoms with Gasteiger partial charge in [-0.25, -0.2) is 4.98 Å². The van der Waals surface area contributed by atoms with Crippen LogP contribution in [0.5, 0.6) is 0 Å². The highest BCUT2D eigenvalue weighted by atomic mass is 35.5. The van der Waals surface area contributed by atoms with Crippen LogP contribution in [0.1, 0.15) is 26.1 Å². The first kappa shape index (κ1) is 14.2. The summed E-state index contributed by atoms with van der Waals surface area (Å²) in [6.07, 6.45) is 1.85. The van der Waals surface area contributed by atoms with Crippen molar-refractivity contribution in [1.82, 2.24) is 9.55 Å². The molecule has 0 saturated carbocycles. The minimum Gasteiger partial charge on any atom is -0.376 e. The standard InChI is InChI=1S/C15H18Cl2N2O/c1-10-15(2,7-9-20-10)19-12-5-3-4-11(17)14(12)18-13(19)6-8-16/h3-5,10H,6-9H2,1-2H3. The molecule has 0 bridgehead atoms. The van der Waals surface area contributed by atoms with Crippen LogP contribution >= 0.6 is 23.2 Å². The maximum atomic E-state index is 6.29. The topological polar surface area (TPSA) is 27.1 Å². The number of hydrogen-bond acceptors (Lipinski definition) is 2. The number of benzene rings is 1. The van der Waals surface area contributed by atoms with Gasteiger partial charge in [0.05, 0.1) is 22.2 Å². The van der Waals surface area contributed by atoms with Crippen LogP contribution in [-0.2, 0) is 16.7 Å². The van der Waals surface area contributed by atoms with E-state index in [0.29, 0.717) is 10.9 Å². The van der Waals surface area contributed by atoms with E-state index in [2.05, 4.69) is 24.5 Å². The molecule has 1 aliphatic heterocycles. The smallest absolute Gasteiger partial charge is 0.111 e. The second-order valence-corrected chi connectivity index (χ2v) is 6.32. The molecule has 2 atom stereocenters. The number of imidazole rings is 1. The SMILES string of the molecule is CC1OCCC1(C)n1c(CCCl)nc2c(Cl)cccc21. The maximum absolute atomic E-state index is 6.29. The van der Waals surface area contributed by atoms with Gasteiger partial charge in [0.2, 0.25) is 0 Å². The molecule has 1 fully saturated rings. The van der Waals surface area contributed by atoms with Crippen molar-refractivity contribution in [2.24, 2.45) is 0 Å². The number of aromatic nitrogens is 2. The molecule has 2 heterocycles. The van der Waals surface area contributed by atoms with E-state index in [1.54, 1.807) is 0 Å². The van der Waals surface area contributed by atoms with Crippen LogP contribution < -0.4 is 0 Å². The fraction of sp³-hybridized carbons (Fsp3) is 0.533. The molecule has 2 aromatic rings. The van der Waals surface area contributed by atoms with E-state index in [-0.39, 0.29) is 11.6 Å². The number of aryl methyl sites for hydroxylation is 1. The highest BCUT2D eigenvalue weighted by Crippen LogP contribution is 2.38. The predicted molar refractivity (Wildman–Crippen MR) is 82.8 cm³/mol. The first-order chi connectivity index (χ1) is 9.58. The number of fused-ring (bicyclic) bond motifs is 1. The third-order valence-electron chi connectivity index (χ3n) is 4.39. The molecule has 3 nitrogen and oxygen atoms in total. The van der Waals surface area contributed by atoms with Gasteiger partial charge in [0.1, 0.15) is 11.3 Å². The van der Waals surface area contributed by atoms with Crippen LogP contribution in [0.4, 0.5) is 0 Å². The van der Waals surface area contributed by atoms with Gasteiger partial charge in [0, 0.05) is 18.9 Å². The van der Waals surface area contributed by atoms with Crippen molar-refractivity contribution in [2.45, 2.75) is 38.3 Å². The third kappa shape index (κ3) is 2.03. The van der Waals surface area contributed by atoms with Crippen molar-refractivity contribution in [2.75, 3.05) is 12.5 Å². The average molecular weight is 313 g/mol. The monoisotopic (exact) mass is 312 g/mol. The van der Waals surface area contributed by atoms with Gasteiger partial charge >= 0.3 is 0 Å². The summed E-state index contributed by atoms with van der Waals surface area (Å²) in [5.74, 6) is 1.54. The predicted octanol–water partition coefficient (Wildman–Crippen LogP) is 4.00. The van der Waals surface area contributed by atoms with Crippen LogP contribution in [0.15, 0.2) is 18.2 Å². The van der Waals surface area contributed by atoms with Crippen molar-refractivity contribution in [3.05, 3.63) is 29.0 Å². The van der Waals surface area contributed by atoms with Crippen LogP contribution in [0, 0.1) is 0 Å². The zero-order valence-corrected chi connectivity index (χ0v) is 13.2. The zero-order valence-electron chi connectivity index (χ0n) is 11.7. The van der Waals surface area contributed by atoms with Crippen molar-refractivity contribution >= 4 is 34.2 Å². The summed E-state index contributed by atoms with van der Waals surface area (Å²) in [6, 6.07) is 5.92. The lowest BCUT2D eigenvalue weighted by Gasteiger charge is -2.32. The van der Waals surface area contributed by atoms with Gasteiger partial charge in [0.15, 0.2) is 0 Å². The highest BCUT2D eigenvalue weighted by Gasteiger charge is 2.41. The molecule has 1 saturated heterocycles. The molecule has 5 heteroatoms. The molecule has 0 amide bonds. The lowest BCUT2D eigenvalue weighted by atomic mass is 9.93. The molecule has 108 valence electrons. The summed E-state index contributed by atoms with van der Waals surface area (Å²) in [7, 11) is 0. The average Bonchev–Trinajstić information content (AvgIpc) is 2.93. The first-order valence-electron chi connectivity index (χ1n) is 6.92. The Morgan fingerprint density at radius 3 is 2.95 bits per heavy atom. The summed E-state index contributed by atoms with van der Waals surface area (Å²) >= 11 is 12.2. The van der Waals surface area contributed by atoms with Gasteiger partial charge in [-0.1, -0.05) is 17.7 Å². The van der Waals surface area contributed by atoms with E-state index >= 15 is 0 Å². The summed E-state index contributed by atoms with van der Waals surface area (Å²) in [5, 5.41) is 0.687. The van der Waals surface area contributed by atoms with Gasteiger partial charge in [-0.15, -0.1) is 11.6 Å². The van der Waals surface area contributed by atoms with Crippen molar-refractivity contribution in [3.63, 3.8) is 0 Å². The number of ether oxygens (including phenoxy) is 1. The molecular formula is C15H18Cl2N2O. The van der Waals surface area contributed by atoms with E-state index in [9.17, 15) is 0 Å². The van der Waals surface area contributed by atoms with E-state index in [0.717, 1.165) is 36.3 Å². The minimum atomic E-state index is -0.0964. The molecule has 0 spiro atoms. The fourth-order valence-electron chi connectivity index (χ4n) is 3.05. The molecule has 0 radical (unpaired) electrons. The number of hydrogen-bond donors (Lipinski definition) is 0. The first-order valence-corrected chi connectivity index (χ1v) is 7.83. The molecule has 1 aliphatic rings. The van der Waals surface area contributed by atoms with Crippen LogP contribution in [-0.4, -0.2) is 28.1 Å². The Bertz CT molecular complexity index is 640. The van der Waals surface area contributed by atoms with E-state index in [1.807, 2.05) is 12.1 Å². The van der Waals surface area contributed by atoms with Gasteiger partial charge in [-0.3, -0.25) is 0 Å². The minimum absolute atomic E-state index is 0.0964. The van der Waals surface area contributed by atoms with Gasteiger partial charge in [-0.2, -0.15) is 0 Å². The van der Waals surface area contributed by atoms with E-state index < -0.39 is 0 Å². The maximum Gasteiger partial charge on any atom is 0.111 e. The molecular weight excluding hydrogens is 295 g/mol. The number of rotatable bonds is 3. The molecule has 1 aromatic heterocycles. The second kappa shape index (κ2) is 5.21. The highest BCUT2D eigenvalue weighted by molar-refractivity contribution is 6.34. The molecule has 20 heavy (non-hydrogen) atoms. The third-order valence-corrected chi connectivity index (χ3v) is 4.88. The van der Waals surface area contributed by atoms with Gasteiger partial charge in [-0.05, 0) is 32.4 Å². The second-order valence-electron chi connectivity index (χ2n) is 5.53. The molecule has 3 rings (SSSR count). The molecule has 2 unspecified atom stereocenters. The molecule has 1 aromatic carbocycles. The summed E-state index contributed by atoms with van der Waals surface area (Å²) in [4.78, 5) is 4.72. The Balaban J connectivity index is 2.27. The molecule has 0 aliphatic carbocycles. The lowest BCUT2D eigenvalue weighted by Crippen LogP contribution is -2.38. The van der Waals surface area contributed by atoms with Crippen molar-refractivity contribution in [1.29, 1.82) is 0 Å². The van der Waals surface area contributed by atoms with Crippen LogP contribution in [0.2, 0.25) is 5.02 Å². The normalized spacial score (nSPS) is 26.5. The number of halogens is 2. The van der Waals surface area contributed by atoms with Crippen molar-refractivity contribution in [3.8, 4) is 0 Å². The van der Waals surface area contributed by atoms with Gasteiger partial charge < -0.3 is 9.30 Å². The van der Waals surface area contributed by atoms with E-state index in [1.165, 1.54) is 0 Å². The summed E-state index contributed by atoms with van der Waals surface area (Å²) in [6.45, 7) is 5.12. The van der Waals surface area contributed by atoms with Crippen molar-refractivity contribution < 1.29 is 4.74 Å². The largest absolute Gasteiger partial charge is 0.376 e.